The molecule has 0 fully saturated rings. The molecule has 1 unspecified atom stereocenters. The fourth-order valence-corrected chi connectivity index (χ4v) is 2.86. The molecule has 0 bridgehead atoms. The molecule has 2 heterocycles. The van der Waals surface area contributed by atoms with Crippen LogP contribution in [0.1, 0.15) is 29.9 Å². The average molecular weight is 348 g/mol. The van der Waals surface area contributed by atoms with E-state index in [1.54, 1.807) is 0 Å². The Morgan fingerprint density at radius 3 is 2.95 bits per heavy atom. The van der Waals surface area contributed by atoms with Gasteiger partial charge < -0.3 is 10.1 Å². The van der Waals surface area contributed by atoms with Gasteiger partial charge in [-0.2, -0.15) is 0 Å². The van der Waals surface area contributed by atoms with E-state index in [0.29, 0.717) is 6.61 Å². The largest absolute Gasteiger partial charge is 0.493 e. The number of nitrogens with zero attached hydrogens (tertiary/aromatic N) is 2. The summed E-state index contributed by atoms with van der Waals surface area (Å²) in [4.78, 5) is 9.30. The quantitative estimate of drug-likeness (QED) is 0.919. The van der Waals surface area contributed by atoms with Crippen molar-refractivity contribution in [2.24, 2.45) is 0 Å². The number of rotatable bonds is 3. The van der Waals surface area contributed by atoms with Gasteiger partial charge in [0.15, 0.2) is 0 Å². The Morgan fingerprint density at radius 2 is 2.14 bits per heavy atom. The molecule has 4 nitrogen and oxygen atoms in total. The van der Waals surface area contributed by atoms with Gasteiger partial charge in [-0.25, -0.2) is 9.97 Å². The third-order valence-electron chi connectivity index (χ3n) is 3.62. The zero-order valence-electron chi connectivity index (χ0n) is 12.2. The predicted molar refractivity (Wildman–Crippen MR) is 87.0 cm³/mol. The van der Waals surface area contributed by atoms with Gasteiger partial charge in [-0.05, 0) is 47.8 Å². The number of hydrogen-bond donors (Lipinski definition) is 1. The number of aromatic nitrogens is 2. The molecule has 1 aromatic carbocycles. The number of halogens is 1. The summed E-state index contributed by atoms with van der Waals surface area (Å²) < 4.78 is 6.78. The van der Waals surface area contributed by atoms with Crippen LogP contribution in [0.5, 0.6) is 5.75 Å². The lowest BCUT2D eigenvalue weighted by Crippen LogP contribution is -2.22. The van der Waals surface area contributed by atoms with E-state index in [-0.39, 0.29) is 5.92 Å². The Morgan fingerprint density at radius 1 is 1.33 bits per heavy atom. The number of fused-ring (bicyclic) bond motifs is 1. The van der Waals surface area contributed by atoms with E-state index in [9.17, 15) is 0 Å². The fourth-order valence-electron chi connectivity index (χ4n) is 2.54. The molecule has 1 atom stereocenters. The first-order valence-corrected chi connectivity index (χ1v) is 7.97. The average Bonchev–Trinajstić information content (AvgIpc) is 2.51. The van der Waals surface area contributed by atoms with Crippen molar-refractivity contribution in [3.8, 4) is 5.75 Å². The lowest BCUT2D eigenvalue weighted by atomic mass is 9.96. The van der Waals surface area contributed by atoms with Crippen molar-refractivity contribution < 1.29 is 4.74 Å². The van der Waals surface area contributed by atoms with Crippen molar-refractivity contribution in [3.05, 3.63) is 45.8 Å². The molecule has 0 aliphatic carbocycles. The maximum Gasteiger partial charge on any atom is 0.144 e. The molecule has 1 aliphatic rings. The van der Waals surface area contributed by atoms with E-state index in [1.807, 2.05) is 25.1 Å². The molecule has 5 heteroatoms. The van der Waals surface area contributed by atoms with Gasteiger partial charge in [0, 0.05) is 6.54 Å². The monoisotopic (exact) mass is 347 g/mol. The van der Waals surface area contributed by atoms with Gasteiger partial charge in [0.25, 0.3) is 0 Å². The van der Waals surface area contributed by atoms with Gasteiger partial charge >= 0.3 is 0 Å². The minimum absolute atomic E-state index is 0.198. The predicted octanol–water partition coefficient (Wildman–Crippen LogP) is 3.70. The van der Waals surface area contributed by atoms with Gasteiger partial charge in [0.2, 0.25) is 0 Å². The number of nitrogens with one attached hydrogen (secondary N) is 1. The van der Waals surface area contributed by atoms with Crippen molar-refractivity contribution >= 4 is 21.7 Å². The Labute approximate surface area is 133 Å². The molecule has 0 amide bonds. The second-order valence-corrected chi connectivity index (χ2v) is 5.97. The van der Waals surface area contributed by atoms with E-state index in [2.05, 4.69) is 44.2 Å². The summed E-state index contributed by atoms with van der Waals surface area (Å²) in [6.45, 7) is 5.51. The van der Waals surface area contributed by atoms with Crippen LogP contribution in [0.3, 0.4) is 0 Å². The minimum Gasteiger partial charge on any atom is -0.493 e. The van der Waals surface area contributed by atoms with E-state index >= 15 is 0 Å². The SMILES string of the molecule is CCNc1nc(C2COc3ccccc3C2)nc(C)c1Br. The maximum atomic E-state index is 5.85. The molecule has 0 spiro atoms. The van der Waals surface area contributed by atoms with Crippen LogP contribution in [-0.4, -0.2) is 23.1 Å². The summed E-state index contributed by atoms with van der Waals surface area (Å²) in [5, 5.41) is 3.28. The highest BCUT2D eigenvalue weighted by Gasteiger charge is 2.24. The third kappa shape index (κ3) is 2.88. The van der Waals surface area contributed by atoms with E-state index in [1.165, 1.54) is 5.56 Å². The second kappa shape index (κ2) is 6.02. The number of anilines is 1. The molecule has 110 valence electrons. The topological polar surface area (TPSA) is 47.0 Å². The van der Waals surface area contributed by atoms with Crippen LogP contribution in [0.4, 0.5) is 5.82 Å². The lowest BCUT2D eigenvalue weighted by Gasteiger charge is -2.25. The van der Waals surface area contributed by atoms with Crippen molar-refractivity contribution in [3.63, 3.8) is 0 Å². The van der Waals surface area contributed by atoms with Crippen LogP contribution < -0.4 is 10.1 Å². The Hall–Kier alpha value is -1.62. The van der Waals surface area contributed by atoms with Crippen molar-refractivity contribution in [2.75, 3.05) is 18.5 Å². The zero-order chi connectivity index (χ0) is 14.8. The number of para-hydroxylation sites is 1. The Balaban J connectivity index is 1.91. The summed E-state index contributed by atoms with van der Waals surface area (Å²) in [5.74, 6) is 2.89. The number of aryl methyl sites for hydroxylation is 1. The van der Waals surface area contributed by atoms with Gasteiger partial charge in [0.1, 0.15) is 17.4 Å². The molecular formula is C16H18BrN3O. The van der Waals surface area contributed by atoms with Crippen LogP contribution in [0.15, 0.2) is 28.7 Å². The molecule has 1 N–H and O–H groups in total. The molecule has 0 saturated carbocycles. The summed E-state index contributed by atoms with van der Waals surface area (Å²) in [6.07, 6.45) is 0.919. The van der Waals surface area contributed by atoms with Gasteiger partial charge in [-0.3, -0.25) is 0 Å². The van der Waals surface area contributed by atoms with Crippen LogP contribution in [0.25, 0.3) is 0 Å². The van der Waals surface area contributed by atoms with E-state index < -0.39 is 0 Å². The van der Waals surface area contributed by atoms with Crippen LogP contribution in [-0.2, 0) is 6.42 Å². The van der Waals surface area contributed by atoms with Crippen LogP contribution in [0, 0.1) is 6.92 Å². The molecule has 1 aromatic heterocycles. The molecule has 0 radical (unpaired) electrons. The van der Waals surface area contributed by atoms with E-state index in [4.69, 9.17) is 4.74 Å². The number of benzene rings is 1. The standard InChI is InChI=1S/C16H18BrN3O/c1-3-18-16-14(17)10(2)19-15(20-16)12-8-11-6-4-5-7-13(11)21-9-12/h4-7,12H,3,8-9H2,1-2H3,(H,18,19,20). The summed E-state index contributed by atoms with van der Waals surface area (Å²) in [6, 6.07) is 8.17. The van der Waals surface area contributed by atoms with Crippen LogP contribution >= 0.6 is 15.9 Å². The first kappa shape index (κ1) is 14.3. The highest BCUT2D eigenvalue weighted by molar-refractivity contribution is 9.10. The van der Waals surface area contributed by atoms with Crippen LogP contribution in [0.2, 0.25) is 0 Å². The smallest absolute Gasteiger partial charge is 0.144 e. The van der Waals surface area contributed by atoms with Crippen molar-refractivity contribution in [1.82, 2.24) is 9.97 Å². The Kier molecular flexibility index (Phi) is 4.10. The van der Waals surface area contributed by atoms with Gasteiger partial charge in [-0.15, -0.1) is 0 Å². The molecular weight excluding hydrogens is 330 g/mol. The molecule has 1 aliphatic heterocycles. The molecule has 0 saturated heterocycles. The Bertz CT molecular complexity index is 660. The van der Waals surface area contributed by atoms with Crippen molar-refractivity contribution in [1.29, 1.82) is 0 Å². The normalized spacial score (nSPS) is 17.0. The second-order valence-electron chi connectivity index (χ2n) is 5.18. The molecule has 3 rings (SSSR count). The van der Waals surface area contributed by atoms with Gasteiger partial charge in [0.05, 0.1) is 22.7 Å². The zero-order valence-corrected chi connectivity index (χ0v) is 13.8. The first-order chi connectivity index (χ1) is 10.2. The summed E-state index contributed by atoms with van der Waals surface area (Å²) >= 11 is 3.55. The first-order valence-electron chi connectivity index (χ1n) is 7.17. The number of ether oxygens (including phenoxy) is 1. The molecule has 21 heavy (non-hydrogen) atoms. The van der Waals surface area contributed by atoms with Crippen molar-refractivity contribution in [2.45, 2.75) is 26.2 Å². The summed E-state index contributed by atoms with van der Waals surface area (Å²) in [7, 11) is 0. The van der Waals surface area contributed by atoms with Gasteiger partial charge in [-0.1, -0.05) is 18.2 Å². The minimum atomic E-state index is 0.198. The fraction of sp³-hybridized carbons (Fsp3) is 0.375. The third-order valence-corrected chi connectivity index (χ3v) is 4.57. The maximum absolute atomic E-state index is 5.85. The molecule has 2 aromatic rings. The number of hydrogen-bond acceptors (Lipinski definition) is 4. The lowest BCUT2D eigenvalue weighted by molar-refractivity contribution is 0.257. The highest BCUT2D eigenvalue weighted by atomic mass is 79.9. The summed E-state index contributed by atoms with van der Waals surface area (Å²) in [5.41, 5.74) is 2.18. The van der Waals surface area contributed by atoms with E-state index in [0.717, 1.165) is 40.5 Å². The highest BCUT2D eigenvalue weighted by Crippen LogP contribution is 2.32.